The molecule has 1 aliphatic rings. The van der Waals surface area contributed by atoms with Crippen molar-refractivity contribution in [1.29, 1.82) is 0 Å². The van der Waals surface area contributed by atoms with Gasteiger partial charge in [0.25, 0.3) is 0 Å². The number of nitrogen functional groups attached to an aromatic ring is 1. The van der Waals surface area contributed by atoms with Gasteiger partial charge >= 0.3 is 12.4 Å². The molecule has 156 valence electrons. The number of amides is 1. The first kappa shape index (κ1) is 21.0. The number of benzene rings is 1. The number of aromatic nitrogens is 2. The number of carbonyl (C=O) groups is 1. The van der Waals surface area contributed by atoms with Gasteiger partial charge in [-0.2, -0.15) is 36.6 Å². The molecule has 0 aliphatic carbocycles. The van der Waals surface area contributed by atoms with E-state index in [1.165, 1.54) is 6.07 Å². The molecule has 14 heteroatoms. The SMILES string of the molecule is CC1N=NSC1C(=O)Nc1ccc(-n2nc(C(F)(F)F)cc2C(F)(F)F)c(N)c1. The van der Waals surface area contributed by atoms with E-state index in [0.717, 1.165) is 24.1 Å². The number of rotatable bonds is 3. The number of halogens is 6. The molecule has 1 aliphatic heterocycles. The highest BCUT2D eigenvalue weighted by Gasteiger charge is 2.42. The van der Waals surface area contributed by atoms with Crippen LogP contribution in [0.4, 0.5) is 37.7 Å². The Morgan fingerprint density at radius 2 is 1.86 bits per heavy atom. The van der Waals surface area contributed by atoms with Gasteiger partial charge in [0, 0.05) is 23.7 Å². The molecule has 0 fully saturated rings. The molecule has 0 saturated carbocycles. The van der Waals surface area contributed by atoms with Crippen molar-refractivity contribution >= 4 is 29.2 Å². The summed E-state index contributed by atoms with van der Waals surface area (Å²) in [5, 5.41) is 8.74. The topological polar surface area (TPSA) is 97.7 Å². The minimum Gasteiger partial charge on any atom is -0.397 e. The standard InChI is InChI=1S/C15H12F6N6OS/c1-6-12(29-26-24-6)13(28)23-7-2-3-9(8(22)4-7)27-11(15(19,20)21)5-10(25-27)14(16,17)18/h2-6,12H,22H2,1H3,(H,23,28). The summed E-state index contributed by atoms with van der Waals surface area (Å²) >= 11 is 0.961. The Bertz CT molecular complexity index is 969. The Balaban J connectivity index is 1.93. The van der Waals surface area contributed by atoms with Gasteiger partial charge < -0.3 is 11.1 Å². The monoisotopic (exact) mass is 438 g/mol. The van der Waals surface area contributed by atoms with Gasteiger partial charge in [-0.3, -0.25) is 4.79 Å². The van der Waals surface area contributed by atoms with Crippen molar-refractivity contribution in [3.05, 3.63) is 35.7 Å². The van der Waals surface area contributed by atoms with Crippen molar-refractivity contribution in [2.24, 2.45) is 9.63 Å². The molecule has 0 spiro atoms. The zero-order chi connectivity index (χ0) is 21.6. The summed E-state index contributed by atoms with van der Waals surface area (Å²) in [7, 11) is 0. The maximum atomic E-state index is 13.2. The highest BCUT2D eigenvalue weighted by molar-refractivity contribution is 7.99. The number of nitrogens with zero attached hydrogens (tertiary/aromatic N) is 4. The fourth-order valence-electron chi connectivity index (χ4n) is 2.51. The number of carbonyl (C=O) groups excluding carboxylic acids is 1. The Morgan fingerprint density at radius 1 is 1.17 bits per heavy atom. The molecule has 0 radical (unpaired) electrons. The molecule has 2 aromatic rings. The molecule has 0 saturated heterocycles. The van der Waals surface area contributed by atoms with E-state index in [1.54, 1.807) is 6.92 Å². The first-order valence-electron chi connectivity index (χ1n) is 7.89. The Kier molecular flexibility index (Phi) is 5.23. The summed E-state index contributed by atoms with van der Waals surface area (Å²) in [6.07, 6.45) is -10.2. The summed E-state index contributed by atoms with van der Waals surface area (Å²) in [4.78, 5) is 12.2. The molecule has 29 heavy (non-hydrogen) atoms. The van der Waals surface area contributed by atoms with E-state index in [1.807, 2.05) is 0 Å². The molecular weight excluding hydrogens is 426 g/mol. The van der Waals surface area contributed by atoms with Gasteiger partial charge in [0.15, 0.2) is 5.69 Å². The quantitative estimate of drug-likeness (QED) is 0.424. The summed E-state index contributed by atoms with van der Waals surface area (Å²) in [5.74, 6) is -0.450. The molecule has 3 rings (SSSR count). The average Bonchev–Trinajstić information content (AvgIpc) is 3.20. The summed E-state index contributed by atoms with van der Waals surface area (Å²) < 4.78 is 81.8. The summed E-state index contributed by atoms with van der Waals surface area (Å²) in [5.41, 5.74) is 1.81. The van der Waals surface area contributed by atoms with Crippen LogP contribution in [0, 0.1) is 0 Å². The third kappa shape index (κ3) is 4.31. The van der Waals surface area contributed by atoms with Gasteiger partial charge in [-0.05, 0) is 25.1 Å². The van der Waals surface area contributed by atoms with Crippen LogP contribution in [-0.2, 0) is 17.1 Å². The molecule has 2 atom stereocenters. The van der Waals surface area contributed by atoms with E-state index in [4.69, 9.17) is 5.73 Å². The first-order valence-corrected chi connectivity index (χ1v) is 8.73. The normalized spacial score (nSPS) is 19.6. The van der Waals surface area contributed by atoms with Gasteiger partial charge in [0.05, 0.1) is 17.4 Å². The lowest BCUT2D eigenvalue weighted by atomic mass is 10.2. The third-order valence-corrected chi connectivity index (χ3v) is 4.92. The van der Waals surface area contributed by atoms with Crippen molar-refractivity contribution in [2.75, 3.05) is 11.1 Å². The Hall–Kier alpha value is -2.77. The van der Waals surface area contributed by atoms with Gasteiger partial charge in [0.1, 0.15) is 10.9 Å². The van der Waals surface area contributed by atoms with Crippen molar-refractivity contribution < 1.29 is 31.1 Å². The lowest BCUT2D eigenvalue weighted by Gasteiger charge is -2.15. The fourth-order valence-corrected chi connectivity index (χ4v) is 3.20. The van der Waals surface area contributed by atoms with Crippen LogP contribution in [0.1, 0.15) is 18.3 Å². The van der Waals surface area contributed by atoms with Crippen molar-refractivity contribution in [3.63, 3.8) is 0 Å². The zero-order valence-corrected chi connectivity index (χ0v) is 15.2. The second-order valence-corrected chi connectivity index (χ2v) is 6.93. The van der Waals surface area contributed by atoms with E-state index >= 15 is 0 Å². The van der Waals surface area contributed by atoms with Crippen LogP contribution >= 0.6 is 11.9 Å². The van der Waals surface area contributed by atoms with Crippen LogP contribution in [0.25, 0.3) is 5.69 Å². The average molecular weight is 438 g/mol. The Morgan fingerprint density at radius 3 is 2.38 bits per heavy atom. The van der Waals surface area contributed by atoms with Crippen LogP contribution in [0.2, 0.25) is 0 Å². The second kappa shape index (κ2) is 7.24. The van der Waals surface area contributed by atoms with Gasteiger partial charge in [-0.1, -0.05) is 0 Å². The number of anilines is 2. The molecular formula is C15H12F6N6OS. The van der Waals surface area contributed by atoms with Crippen LogP contribution in [0.3, 0.4) is 0 Å². The van der Waals surface area contributed by atoms with Crippen LogP contribution in [-0.4, -0.2) is 27.0 Å². The summed E-state index contributed by atoms with van der Waals surface area (Å²) in [6.45, 7) is 1.68. The number of hydrogen-bond acceptors (Lipinski definition) is 6. The zero-order valence-electron chi connectivity index (χ0n) is 14.4. The van der Waals surface area contributed by atoms with Crippen LogP contribution in [0.5, 0.6) is 0 Å². The third-order valence-electron chi connectivity index (χ3n) is 3.90. The van der Waals surface area contributed by atoms with E-state index in [2.05, 4.69) is 20.0 Å². The lowest BCUT2D eigenvalue weighted by Crippen LogP contribution is -2.30. The minimum absolute atomic E-state index is 0.0798. The van der Waals surface area contributed by atoms with Crippen molar-refractivity contribution in [3.8, 4) is 5.69 Å². The lowest BCUT2D eigenvalue weighted by molar-refractivity contribution is -0.143. The maximum absolute atomic E-state index is 13.2. The summed E-state index contributed by atoms with van der Waals surface area (Å²) in [6, 6.07) is 2.91. The van der Waals surface area contributed by atoms with Crippen LogP contribution < -0.4 is 11.1 Å². The smallest absolute Gasteiger partial charge is 0.397 e. The second-order valence-electron chi connectivity index (χ2n) is 6.05. The van der Waals surface area contributed by atoms with Crippen molar-refractivity contribution in [2.45, 2.75) is 30.6 Å². The fraction of sp³-hybridized carbons (Fsp3) is 0.333. The molecule has 3 N–H and O–H groups in total. The van der Waals surface area contributed by atoms with E-state index in [9.17, 15) is 31.1 Å². The number of nitrogens with one attached hydrogen (secondary N) is 1. The van der Waals surface area contributed by atoms with E-state index in [-0.39, 0.29) is 28.2 Å². The molecule has 2 unspecified atom stereocenters. The predicted octanol–water partition coefficient (Wildman–Crippen LogP) is 4.30. The van der Waals surface area contributed by atoms with Crippen LogP contribution in [0.15, 0.2) is 33.9 Å². The molecule has 2 heterocycles. The first-order chi connectivity index (χ1) is 13.4. The number of alkyl halides is 6. The Labute approximate surface area is 163 Å². The van der Waals surface area contributed by atoms with Gasteiger partial charge in [0.2, 0.25) is 5.91 Å². The highest BCUT2D eigenvalue weighted by Crippen LogP contribution is 2.37. The minimum atomic E-state index is -5.10. The van der Waals surface area contributed by atoms with Gasteiger partial charge in [-0.25, -0.2) is 4.68 Å². The molecule has 7 nitrogen and oxygen atoms in total. The highest BCUT2D eigenvalue weighted by atomic mass is 32.2. The van der Waals surface area contributed by atoms with E-state index < -0.39 is 40.6 Å². The largest absolute Gasteiger partial charge is 0.435 e. The molecule has 1 amide bonds. The van der Waals surface area contributed by atoms with Gasteiger partial charge in [-0.15, -0.1) is 4.52 Å². The van der Waals surface area contributed by atoms with E-state index in [0.29, 0.717) is 0 Å². The predicted molar refractivity (Wildman–Crippen MR) is 92.3 cm³/mol. The van der Waals surface area contributed by atoms with Crippen molar-refractivity contribution in [1.82, 2.24) is 9.78 Å². The molecule has 0 bridgehead atoms. The molecule has 1 aromatic heterocycles. The maximum Gasteiger partial charge on any atom is 0.435 e. The number of nitrogens with two attached hydrogens (primary N) is 1. The number of hydrogen-bond donors (Lipinski definition) is 2. The molecule has 1 aromatic carbocycles.